The fourth-order valence-corrected chi connectivity index (χ4v) is 6.38. The molecule has 220 valence electrons. The number of nitrogens with two attached hydrogens (primary N) is 1. The maximum atomic E-state index is 14.1. The molecule has 0 aliphatic heterocycles. The molecule has 43 heavy (non-hydrogen) atoms. The number of pyridine rings is 1. The van der Waals surface area contributed by atoms with Crippen molar-refractivity contribution >= 4 is 55.4 Å². The second-order valence-corrected chi connectivity index (χ2v) is 11.7. The van der Waals surface area contributed by atoms with E-state index in [4.69, 9.17) is 21.2 Å². The van der Waals surface area contributed by atoms with Crippen molar-refractivity contribution in [2.24, 2.45) is 12.8 Å². The summed E-state index contributed by atoms with van der Waals surface area (Å²) >= 11 is 0. The highest BCUT2D eigenvalue weighted by molar-refractivity contribution is 7.93. The Kier molecular flexibility index (Phi) is 8.08. The molecule has 0 bridgehead atoms. The smallest absolute Gasteiger partial charge is 0.322 e. The van der Waals surface area contributed by atoms with Gasteiger partial charge in [-0.2, -0.15) is 0 Å². The topological polar surface area (TPSA) is 184 Å². The number of sulfonamides is 1. The van der Waals surface area contributed by atoms with E-state index in [2.05, 4.69) is 10.3 Å². The van der Waals surface area contributed by atoms with Gasteiger partial charge in [0.1, 0.15) is 29.6 Å². The van der Waals surface area contributed by atoms with Crippen molar-refractivity contribution in [3.63, 3.8) is 0 Å². The van der Waals surface area contributed by atoms with Crippen LogP contribution in [0.3, 0.4) is 0 Å². The summed E-state index contributed by atoms with van der Waals surface area (Å²) in [7, 11) is -2.46. The van der Waals surface area contributed by atoms with Gasteiger partial charge in [0, 0.05) is 30.6 Å². The first-order chi connectivity index (χ1) is 20.5. The quantitative estimate of drug-likeness (QED) is 0.132. The Labute approximate surface area is 247 Å². The van der Waals surface area contributed by atoms with Crippen LogP contribution >= 0.6 is 0 Å². The first-order valence-electron chi connectivity index (χ1n) is 13.3. The van der Waals surface area contributed by atoms with Crippen LogP contribution in [0.4, 0.5) is 5.69 Å². The molecule has 5 rings (SSSR count). The summed E-state index contributed by atoms with van der Waals surface area (Å²) in [6.45, 7) is -1.30. The summed E-state index contributed by atoms with van der Waals surface area (Å²) in [4.78, 5) is 32.7. The lowest BCUT2D eigenvalue weighted by molar-refractivity contribution is -0.137. The van der Waals surface area contributed by atoms with E-state index in [0.29, 0.717) is 29.3 Å². The number of amides is 1. The molecule has 12 nitrogen and oxygen atoms in total. The molecule has 1 amide bonds. The normalized spacial score (nSPS) is 11.5. The highest BCUT2D eigenvalue weighted by Gasteiger charge is 2.30. The molecule has 5 N–H and O–H groups in total. The number of rotatable bonds is 11. The Hall–Kier alpha value is -5.30. The number of anilines is 1. The Morgan fingerprint density at radius 1 is 1.05 bits per heavy atom. The second-order valence-electron chi connectivity index (χ2n) is 9.88. The van der Waals surface area contributed by atoms with Gasteiger partial charge in [0.05, 0.1) is 22.2 Å². The third kappa shape index (κ3) is 6.16. The number of fused-ring (bicyclic) bond motifs is 2. The van der Waals surface area contributed by atoms with Crippen molar-refractivity contribution in [2.45, 2.75) is 17.7 Å². The van der Waals surface area contributed by atoms with E-state index in [0.717, 1.165) is 21.2 Å². The number of aliphatic carboxylic acids is 1. The molecule has 0 saturated heterocycles. The van der Waals surface area contributed by atoms with Crippen molar-refractivity contribution in [1.82, 2.24) is 19.9 Å². The van der Waals surface area contributed by atoms with Crippen molar-refractivity contribution in [3.05, 3.63) is 95.9 Å². The number of para-hydroxylation sites is 1. The standard InChI is InChI=1S/C30H29N7O5S/c1-36-24-13-12-22(16-23(24)35-26(36)14-9-19-7-10-21(11-8-19)30(31)32)37(18-27(38)34-17-28(39)40)43(41,42)25-6-2-4-20-5-3-15-33-29(20)25/h2-8,10-13,15-16H,9,14,17-18H2,1H3,(H3,31,32)(H,34,38)(H,39,40). The van der Waals surface area contributed by atoms with E-state index in [1.165, 1.54) is 12.3 Å². The van der Waals surface area contributed by atoms with E-state index in [1.54, 1.807) is 54.6 Å². The number of carbonyl (C=O) groups is 2. The van der Waals surface area contributed by atoms with Crippen LogP contribution in [0.1, 0.15) is 17.0 Å². The molecule has 0 spiro atoms. The molecule has 5 aromatic rings. The van der Waals surface area contributed by atoms with Gasteiger partial charge in [-0.05, 0) is 42.3 Å². The average Bonchev–Trinajstić information content (AvgIpc) is 3.31. The summed E-state index contributed by atoms with van der Waals surface area (Å²) < 4.78 is 31.1. The van der Waals surface area contributed by atoms with Crippen LogP contribution in [-0.2, 0) is 39.5 Å². The summed E-state index contributed by atoms with van der Waals surface area (Å²) in [5, 5.41) is 19.4. The first kappa shape index (κ1) is 29.2. The minimum Gasteiger partial charge on any atom is -0.480 e. The molecule has 0 atom stereocenters. The predicted molar refractivity (Wildman–Crippen MR) is 163 cm³/mol. The number of carboxylic acid groups (broad SMARTS) is 1. The Balaban J connectivity index is 1.50. The van der Waals surface area contributed by atoms with E-state index in [-0.39, 0.29) is 21.9 Å². The summed E-state index contributed by atoms with van der Waals surface area (Å²) in [6.07, 6.45) is 2.77. The molecule has 0 saturated carbocycles. The van der Waals surface area contributed by atoms with E-state index in [1.807, 2.05) is 23.7 Å². The largest absolute Gasteiger partial charge is 0.480 e. The molecular weight excluding hydrogens is 570 g/mol. The molecule has 2 heterocycles. The van der Waals surface area contributed by atoms with Gasteiger partial charge in [-0.25, -0.2) is 13.4 Å². The van der Waals surface area contributed by atoms with Gasteiger partial charge in [0.2, 0.25) is 5.91 Å². The number of hydrogen-bond donors (Lipinski definition) is 4. The van der Waals surface area contributed by atoms with Gasteiger partial charge >= 0.3 is 5.97 Å². The van der Waals surface area contributed by atoms with Crippen LogP contribution in [0.5, 0.6) is 0 Å². The zero-order chi connectivity index (χ0) is 30.7. The highest BCUT2D eigenvalue weighted by Crippen LogP contribution is 2.30. The minimum absolute atomic E-state index is 0.00449. The maximum Gasteiger partial charge on any atom is 0.322 e. The zero-order valence-corrected chi connectivity index (χ0v) is 24.0. The van der Waals surface area contributed by atoms with Crippen LogP contribution in [-0.4, -0.2) is 58.9 Å². The molecule has 0 aliphatic rings. The van der Waals surface area contributed by atoms with Crippen molar-refractivity contribution in [3.8, 4) is 0 Å². The number of aromatic nitrogens is 3. The van der Waals surface area contributed by atoms with E-state index >= 15 is 0 Å². The van der Waals surface area contributed by atoms with Gasteiger partial charge in [-0.1, -0.05) is 42.5 Å². The lowest BCUT2D eigenvalue weighted by atomic mass is 10.1. The molecule has 0 unspecified atom stereocenters. The lowest BCUT2D eigenvalue weighted by Gasteiger charge is -2.24. The lowest BCUT2D eigenvalue weighted by Crippen LogP contribution is -2.42. The summed E-state index contributed by atoms with van der Waals surface area (Å²) in [6, 6.07) is 20.6. The molecule has 0 fully saturated rings. The fraction of sp³-hybridized carbons (Fsp3) is 0.167. The van der Waals surface area contributed by atoms with Gasteiger partial charge in [-0.3, -0.25) is 24.3 Å². The zero-order valence-electron chi connectivity index (χ0n) is 23.2. The van der Waals surface area contributed by atoms with Crippen LogP contribution in [0, 0.1) is 5.41 Å². The molecular formula is C30H29N7O5S. The number of nitrogens with zero attached hydrogens (tertiary/aromatic N) is 4. The second kappa shape index (κ2) is 11.9. The van der Waals surface area contributed by atoms with Gasteiger partial charge in [-0.15, -0.1) is 0 Å². The molecule has 0 radical (unpaired) electrons. The number of benzene rings is 3. The Morgan fingerprint density at radius 2 is 1.79 bits per heavy atom. The van der Waals surface area contributed by atoms with Crippen molar-refractivity contribution in [1.29, 1.82) is 5.41 Å². The average molecular weight is 600 g/mol. The summed E-state index contributed by atoms with van der Waals surface area (Å²) in [5.74, 6) is -1.26. The summed E-state index contributed by atoms with van der Waals surface area (Å²) in [5.41, 5.74) is 8.98. The third-order valence-corrected chi connectivity index (χ3v) is 8.84. The molecule has 0 aliphatic carbocycles. The number of carboxylic acids is 1. The Bertz CT molecular complexity index is 1970. The van der Waals surface area contributed by atoms with Gasteiger partial charge in [0.25, 0.3) is 10.0 Å². The number of imidazole rings is 1. The number of nitrogens with one attached hydrogen (secondary N) is 2. The number of hydrogen-bond acceptors (Lipinski definition) is 7. The number of nitrogen functional groups attached to an aromatic ring is 1. The van der Waals surface area contributed by atoms with E-state index in [9.17, 15) is 18.0 Å². The Morgan fingerprint density at radius 3 is 2.51 bits per heavy atom. The van der Waals surface area contributed by atoms with Crippen LogP contribution in [0.15, 0.2) is 83.9 Å². The van der Waals surface area contributed by atoms with Gasteiger partial charge in [0.15, 0.2) is 0 Å². The number of aryl methyl sites for hydroxylation is 3. The highest BCUT2D eigenvalue weighted by atomic mass is 32.2. The van der Waals surface area contributed by atoms with Crippen LogP contribution in [0.2, 0.25) is 0 Å². The molecule has 2 aromatic heterocycles. The first-order valence-corrected chi connectivity index (χ1v) is 14.7. The van der Waals surface area contributed by atoms with Crippen molar-refractivity contribution < 1.29 is 23.1 Å². The van der Waals surface area contributed by atoms with E-state index < -0.39 is 35.0 Å². The van der Waals surface area contributed by atoms with Gasteiger partial charge < -0.3 is 20.7 Å². The predicted octanol–water partition coefficient (Wildman–Crippen LogP) is 2.59. The third-order valence-electron chi connectivity index (χ3n) is 7.03. The fourth-order valence-electron chi connectivity index (χ4n) is 4.80. The number of amidine groups is 1. The van der Waals surface area contributed by atoms with Crippen LogP contribution in [0.25, 0.3) is 21.9 Å². The SMILES string of the molecule is Cn1c(CCc2ccc(C(=N)N)cc2)nc2cc(N(CC(=O)NCC(=O)O)S(=O)(=O)c3cccc4cccnc34)ccc21. The minimum atomic E-state index is -4.34. The maximum absolute atomic E-state index is 14.1. The number of carbonyl (C=O) groups excluding carboxylic acids is 1. The monoisotopic (exact) mass is 599 g/mol. The molecule has 13 heteroatoms. The molecule has 3 aromatic carbocycles. The van der Waals surface area contributed by atoms with Crippen molar-refractivity contribution in [2.75, 3.05) is 17.4 Å². The van der Waals surface area contributed by atoms with Crippen LogP contribution < -0.4 is 15.4 Å².